The standard InChI is InChI=1S/C26H27N3O2S/c1-16(2)19-7-9-20(10-8-19)27-25(30)15-29-23-13-18(4)17(3)12-21(23)28-22(14-26(29)31)24-6-5-11-32-24/h5-13,16H,14-15H2,1-4H3,(H,27,30). The van der Waals surface area contributed by atoms with Crippen LogP contribution < -0.4 is 10.2 Å². The van der Waals surface area contributed by atoms with E-state index >= 15 is 0 Å². The van der Waals surface area contributed by atoms with E-state index in [0.717, 1.165) is 33.1 Å². The third kappa shape index (κ3) is 4.65. The molecule has 0 bridgehead atoms. The number of carbonyl (C=O) groups is 2. The maximum atomic E-state index is 13.3. The molecule has 5 nitrogen and oxygen atoms in total. The fourth-order valence-corrected chi connectivity index (χ4v) is 4.42. The monoisotopic (exact) mass is 445 g/mol. The zero-order valence-electron chi connectivity index (χ0n) is 18.8. The zero-order valence-corrected chi connectivity index (χ0v) is 19.6. The Balaban J connectivity index is 1.61. The number of hydrogen-bond donors (Lipinski definition) is 1. The Morgan fingerprint density at radius 2 is 1.84 bits per heavy atom. The van der Waals surface area contributed by atoms with E-state index in [1.54, 1.807) is 16.2 Å². The van der Waals surface area contributed by atoms with Gasteiger partial charge >= 0.3 is 0 Å². The van der Waals surface area contributed by atoms with Crippen LogP contribution in [0.1, 0.15) is 47.8 Å². The first kappa shape index (κ1) is 22.0. The molecule has 1 aliphatic rings. The molecule has 2 aromatic carbocycles. The van der Waals surface area contributed by atoms with Crippen molar-refractivity contribution in [1.29, 1.82) is 0 Å². The van der Waals surface area contributed by atoms with Crippen LogP contribution >= 0.6 is 11.3 Å². The lowest BCUT2D eigenvalue weighted by Crippen LogP contribution is -2.38. The second-order valence-corrected chi connectivity index (χ2v) is 9.39. The summed E-state index contributed by atoms with van der Waals surface area (Å²) in [6, 6.07) is 15.7. The zero-order chi connectivity index (χ0) is 22.8. The van der Waals surface area contributed by atoms with E-state index in [9.17, 15) is 9.59 Å². The molecule has 1 N–H and O–H groups in total. The number of fused-ring (bicyclic) bond motifs is 1. The normalized spacial score (nSPS) is 13.6. The molecular weight excluding hydrogens is 418 g/mol. The van der Waals surface area contributed by atoms with E-state index in [1.807, 2.05) is 67.8 Å². The molecule has 0 saturated carbocycles. The van der Waals surface area contributed by atoms with Gasteiger partial charge in [0.1, 0.15) is 6.54 Å². The van der Waals surface area contributed by atoms with Crippen LogP contribution in [0.15, 0.2) is 58.9 Å². The summed E-state index contributed by atoms with van der Waals surface area (Å²) < 4.78 is 0. The molecular formula is C26H27N3O2S. The van der Waals surface area contributed by atoms with Crippen LogP contribution in [0.5, 0.6) is 0 Å². The number of nitrogens with zero attached hydrogens (tertiary/aromatic N) is 2. The van der Waals surface area contributed by atoms with Gasteiger partial charge in [-0.25, -0.2) is 4.99 Å². The number of amides is 2. The lowest BCUT2D eigenvalue weighted by Gasteiger charge is -2.23. The van der Waals surface area contributed by atoms with Crippen molar-refractivity contribution in [3.05, 3.63) is 75.5 Å². The average Bonchev–Trinajstić information content (AvgIpc) is 3.25. The highest BCUT2D eigenvalue weighted by Crippen LogP contribution is 2.36. The summed E-state index contributed by atoms with van der Waals surface area (Å²) in [7, 11) is 0. The molecule has 0 fully saturated rings. The maximum Gasteiger partial charge on any atom is 0.244 e. The van der Waals surface area contributed by atoms with Gasteiger partial charge in [-0.2, -0.15) is 0 Å². The van der Waals surface area contributed by atoms with Gasteiger partial charge in [-0.1, -0.05) is 32.0 Å². The van der Waals surface area contributed by atoms with Crippen LogP contribution in [0.2, 0.25) is 0 Å². The predicted molar refractivity (Wildman–Crippen MR) is 133 cm³/mol. The second kappa shape index (κ2) is 9.09. The Morgan fingerprint density at radius 1 is 1.12 bits per heavy atom. The lowest BCUT2D eigenvalue weighted by atomic mass is 10.0. The smallest absolute Gasteiger partial charge is 0.244 e. The number of thiophene rings is 1. The van der Waals surface area contributed by atoms with E-state index in [1.165, 1.54) is 5.56 Å². The Labute approximate surface area is 192 Å². The second-order valence-electron chi connectivity index (χ2n) is 8.44. The molecule has 32 heavy (non-hydrogen) atoms. The van der Waals surface area contributed by atoms with E-state index in [-0.39, 0.29) is 24.8 Å². The number of hydrogen-bond acceptors (Lipinski definition) is 4. The quantitative estimate of drug-likeness (QED) is 0.525. The number of carbonyl (C=O) groups excluding carboxylic acids is 2. The third-order valence-corrected chi connectivity index (χ3v) is 6.64. The molecule has 3 aromatic rings. The highest BCUT2D eigenvalue weighted by atomic mass is 32.1. The van der Waals surface area contributed by atoms with Gasteiger partial charge in [0.2, 0.25) is 11.8 Å². The van der Waals surface area contributed by atoms with Crippen molar-refractivity contribution in [3.8, 4) is 0 Å². The molecule has 2 heterocycles. The number of benzene rings is 2. The predicted octanol–water partition coefficient (Wildman–Crippen LogP) is 5.98. The summed E-state index contributed by atoms with van der Waals surface area (Å²) in [5.74, 6) is 0.0547. The van der Waals surface area contributed by atoms with Gasteiger partial charge in [-0.15, -0.1) is 11.3 Å². The van der Waals surface area contributed by atoms with Crippen molar-refractivity contribution in [1.82, 2.24) is 0 Å². The van der Waals surface area contributed by atoms with Crippen molar-refractivity contribution in [2.45, 2.75) is 40.0 Å². The molecule has 1 aliphatic heterocycles. The summed E-state index contributed by atoms with van der Waals surface area (Å²) in [4.78, 5) is 33.5. The van der Waals surface area contributed by atoms with Crippen LogP contribution in [-0.2, 0) is 9.59 Å². The first-order chi connectivity index (χ1) is 15.3. The first-order valence-electron chi connectivity index (χ1n) is 10.7. The Hall–Kier alpha value is -3.25. The molecule has 0 radical (unpaired) electrons. The molecule has 0 atom stereocenters. The van der Waals surface area contributed by atoms with E-state index < -0.39 is 0 Å². The topological polar surface area (TPSA) is 61.8 Å². The van der Waals surface area contributed by atoms with Crippen molar-refractivity contribution in [2.24, 2.45) is 4.99 Å². The van der Waals surface area contributed by atoms with Gasteiger partial charge in [-0.05, 0) is 72.2 Å². The molecule has 0 spiro atoms. The Kier molecular flexibility index (Phi) is 6.24. The van der Waals surface area contributed by atoms with Crippen molar-refractivity contribution < 1.29 is 9.59 Å². The fraction of sp³-hybridized carbons (Fsp3) is 0.269. The Bertz CT molecular complexity index is 1180. The van der Waals surface area contributed by atoms with E-state index in [4.69, 9.17) is 4.99 Å². The molecule has 6 heteroatoms. The summed E-state index contributed by atoms with van der Waals surface area (Å²) in [5.41, 5.74) is 6.22. The summed E-state index contributed by atoms with van der Waals surface area (Å²) in [6.07, 6.45) is 0.156. The molecule has 0 saturated heterocycles. The SMILES string of the molecule is Cc1cc2c(cc1C)N(CC(=O)Nc1ccc(C(C)C)cc1)C(=O)CC(c1cccs1)=N2. The minimum Gasteiger partial charge on any atom is -0.325 e. The summed E-state index contributed by atoms with van der Waals surface area (Å²) in [6.45, 7) is 8.23. The molecule has 0 aliphatic carbocycles. The highest BCUT2D eigenvalue weighted by molar-refractivity contribution is 7.12. The van der Waals surface area contributed by atoms with Gasteiger partial charge in [0.05, 0.1) is 23.5 Å². The number of anilines is 2. The van der Waals surface area contributed by atoms with Crippen molar-refractivity contribution in [3.63, 3.8) is 0 Å². The largest absolute Gasteiger partial charge is 0.325 e. The molecule has 1 aromatic heterocycles. The number of aliphatic imine (C=N–C) groups is 1. The first-order valence-corrected chi connectivity index (χ1v) is 11.6. The number of rotatable bonds is 5. The van der Waals surface area contributed by atoms with Crippen molar-refractivity contribution >= 4 is 45.9 Å². The van der Waals surface area contributed by atoms with Crippen LogP contribution in [0, 0.1) is 13.8 Å². The van der Waals surface area contributed by atoms with Crippen LogP contribution in [0.4, 0.5) is 17.1 Å². The minimum absolute atomic E-state index is 0.0620. The molecule has 0 unspecified atom stereocenters. The fourth-order valence-electron chi connectivity index (χ4n) is 3.70. The van der Waals surface area contributed by atoms with Crippen LogP contribution in [0.25, 0.3) is 0 Å². The maximum absolute atomic E-state index is 13.3. The number of nitrogens with one attached hydrogen (secondary N) is 1. The van der Waals surface area contributed by atoms with Gasteiger partial charge in [0.25, 0.3) is 0 Å². The third-order valence-electron chi connectivity index (χ3n) is 5.73. The minimum atomic E-state index is -0.237. The Morgan fingerprint density at radius 3 is 2.50 bits per heavy atom. The summed E-state index contributed by atoms with van der Waals surface area (Å²) in [5, 5.41) is 4.90. The van der Waals surface area contributed by atoms with Crippen LogP contribution in [0.3, 0.4) is 0 Å². The van der Waals surface area contributed by atoms with Gasteiger partial charge in [0, 0.05) is 10.6 Å². The summed E-state index contributed by atoms with van der Waals surface area (Å²) >= 11 is 1.56. The average molecular weight is 446 g/mol. The number of aryl methyl sites for hydroxylation is 2. The van der Waals surface area contributed by atoms with Crippen molar-refractivity contribution in [2.75, 3.05) is 16.8 Å². The van der Waals surface area contributed by atoms with Crippen LogP contribution in [-0.4, -0.2) is 24.1 Å². The molecule has 164 valence electrons. The van der Waals surface area contributed by atoms with Gasteiger partial charge in [-0.3, -0.25) is 9.59 Å². The van der Waals surface area contributed by atoms with E-state index in [2.05, 4.69) is 19.2 Å². The molecule has 4 rings (SSSR count). The highest BCUT2D eigenvalue weighted by Gasteiger charge is 2.27. The van der Waals surface area contributed by atoms with Gasteiger partial charge in [0.15, 0.2) is 0 Å². The van der Waals surface area contributed by atoms with Gasteiger partial charge < -0.3 is 10.2 Å². The van der Waals surface area contributed by atoms with E-state index in [0.29, 0.717) is 11.6 Å². The lowest BCUT2D eigenvalue weighted by molar-refractivity contribution is -0.120. The molecule has 2 amide bonds.